The van der Waals surface area contributed by atoms with Crippen LogP contribution in [0.1, 0.15) is 24.5 Å². The SMILES string of the molecule is CCCOc1ccc(C[C@H](N)C(=O)O)cc1C(F)(F)F. The number of hydrogen-bond acceptors (Lipinski definition) is 3. The highest BCUT2D eigenvalue weighted by molar-refractivity contribution is 5.73. The van der Waals surface area contributed by atoms with Crippen LogP contribution in [-0.4, -0.2) is 23.7 Å². The Morgan fingerprint density at radius 1 is 1.45 bits per heavy atom. The van der Waals surface area contributed by atoms with E-state index >= 15 is 0 Å². The molecule has 0 spiro atoms. The van der Waals surface area contributed by atoms with Crippen molar-refractivity contribution in [3.05, 3.63) is 29.3 Å². The third-order valence-electron chi connectivity index (χ3n) is 2.58. The molecule has 4 nitrogen and oxygen atoms in total. The van der Waals surface area contributed by atoms with Crippen LogP contribution >= 0.6 is 0 Å². The summed E-state index contributed by atoms with van der Waals surface area (Å²) in [7, 11) is 0. The third-order valence-corrected chi connectivity index (χ3v) is 2.58. The molecule has 0 aliphatic carbocycles. The molecule has 0 aliphatic heterocycles. The first-order valence-electron chi connectivity index (χ1n) is 6.07. The molecule has 0 aromatic heterocycles. The molecule has 1 aromatic carbocycles. The molecule has 1 rings (SSSR count). The largest absolute Gasteiger partial charge is 0.493 e. The number of halogens is 3. The molecule has 0 radical (unpaired) electrons. The fourth-order valence-electron chi connectivity index (χ4n) is 1.60. The van der Waals surface area contributed by atoms with Crippen molar-refractivity contribution in [2.75, 3.05) is 6.61 Å². The molecule has 7 heteroatoms. The van der Waals surface area contributed by atoms with E-state index in [1.165, 1.54) is 12.1 Å². The van der Waals surface area contributed by atoms with E-state index in [0.29, 0.717) is 6.42 Å². The monoisotopic (exact) mass is 291 g/mol. The summed E-state index contributed by atoms with van der Waals surface area (Å²) in [5.74, 6) is -1.52. The second-order valence-electron chi connectivity index (χ2n) is 4.33. The van der Waals surface area contributed by atoms with Gasteiger partial charge in [0.25, 0.3) is 0 Å². The second-order valence-corrected chi connectivity index (χ2v) is 4.33. The van der Waals surface area contributed by atoms with E-state index in [4.69, 9.17) is 15.6 Å². The maximum atomic E-state index is 12.9. The molecular weight excluding hydrogens is 275 g/mol. The zero-order valence-electron chi connectivity index (χ0n) is 10.9. The highest BCUT2D eigenvalue weighted by atomic mass is 19.4. The van der Waals surface area contributed by atoms with Crippen LogP contribution in [0.3, 0.4) is 0 Å². The minimum Gasteiger partial charge on any atom is -0.493 e. The van der Waals surface area contributed by atoms with Gasteiger partial charge in [0.15, 0.2) is 0 Å². The van der Waals surface area contributed by atoms with Crippen molar-refractivity contribution in [3.8, 4) is 5.75 Å². The quantitative estimate of drug-likeness (QED) is 0.844. The van der Waals surface area contributed by atoms with Crippen molar-refractivity contribution < 1.29 is 27.8 Å². The van der Waals surface area contributed by atoms with E-state index < -0.39 is 23.8 Å². The summed E-state index contributed by atoms with van der Waals surface area (Å²) in [4.78, 5) is 10.6. The molecule has 0 bridgehead atoms. The van der Waals surface area contributed by atoms with Gasteiger partial charge in [-0.25, -0.2) is 0 Å². The number of aliphatic carboxylic acids is 1. The van der Waals surface area contributed by atoms with Gasteiger partial charge in [-0.1, -0.05) is 13.0 Å². The van der Waals surface area contributed by atoms with Gasteiger partial charge in [-0.05, 0) is 30.5 Å². The first-order chi connectivity index (χ1) is 9.25. The maximum absolute atomic E-state index is 12.9. The van der Waals surface area contributed by atoms with Gasteiger partial charge in [-0.2, -0.15) is 13.2 Å². The van der Waals surface area contributed by atoms with Gasteiger partial charge in [0.05, 0.1) is 12.2 Å². The van der Waals surface area contributed by atoms with Crippen molar-refractivity contribution >= 4 is 5.97 Å². The van der Waals surface area contributed by atoms with Gasteiger partial charge in [-0.15, -0.1) is 0 Å². The van der Waals surface area contributed by atoms with Crippen LogP contribution in [0.15, 0.2) is 18.2 Å². The molecule has 0 saturated carbocycles. The molecule has 3 N–H and O–H groups in total. The third kappa shape index (κ3) is 4.41. The van der Waals surface area contributed by atoms with Crippen molar-refractivity contribution in [1.29, 1.82) is 0 Å². The Labute approximate surface area is 114 Å². The lowest BCUT2D eigenvalue weighted by Crippen LogP contribution is -2.32. The average molecular weight is 291 g/mol. The van der Waals surface area contributed by atoms with Crippen LogP contribution in [-0.2, 0) is 17.4 Å². The number of carbonyl (C=O) groups is 1. The highest BCUT2D eigenvalue weighted by Crippen LogP contribution is 2.37. The summed E-state index contributed by atoms with van der Waals surface area (Å²) in [6.07, 6.45) is -4.15. The number of alkyl halides is 3. The van der Waals surface area contributed by atoms with E-state index in [2.05, 4.69) is 0 Å². The van der Waals surface area contributed by atoms with Gasteiger partial charge in [0, 0.05) is 0 Å². The second kappa shape index (κ2) is 6.60. The first-order valence-corrected chi connectivity index (χ1v) is 6.07. The summed E-state index contributed by atoms with van der Waals surface area (Å²) < 4.78 is 43.8. The number of ether oxygens (including phenoxy) is 1. The van der Waals surface area contributed by atoms with E-state index in [-0.39, 0.29) is 24.3 Å². The lowest BCUT2D eigenvalue weighted by molar-refractivity contribution is -0.139. The average Bonchev–Trinajstić information content (AvgIpc) is 2.35. The van der Waals surface area contributed by atoms with E-state index in [1.54, 1.807) is 6.92 Å². The van der Waals surface area contributed by atoms with Gasteiger partial charge in [0.2, 0.25) is 0 Å². The highest BCUT2D eigenvalue weighted by Gasteiger charge is 2.34. The van der Waals surface area contributed by atoms with E-state index in [1.807, 2.05) is 0 Å². The Kier molecular flexibility index (Phi) is 5.38. The van der Waals surface area contributed by atoms with E-state index in [0.717, 1.165) is 6.07 Å². The van der Waals surface area contributed by atoms with Crippen molar-refractivity contribution in [1.82, 2.24) is 0 Å². The van der Waals surface area contributed by atoms with Crippen LogP contribution in [0.5, 0.6) is 5.75 Å². The van der Waals surface area contributed by atoms with Crippen LogP contribution in [0.25, 0.3) is 0 Å². The zero-order valence-corrected chi connectivity index (χ0v) is 10.9. The topological polar surface area (TPSA) is 72.5 Å². The number of hydrogen-bond donors (Lipinski definition) is 2. The van der Waals surface area contributed by atoms with Gasteiger partial charge >= 0.3 is 12.1 Å². The minimum atomic E-state index is -4.56. The summed E-state index contributed by atoms with van der Waals surface area (Å²) in [6, 6.07) is 2.23. The summed E-state index contributed by atoms with van der Waals surface area (Å²) in [5.41, 5.74) is 4.60. The normalized spacial score (nSPS) is 13.1. The van der Waals surface area contributed by atoms with Crippen molar-refractivity contribution in [2.45, 2.75) is 32.0 Å². The smallest absolute Gasteiger partial charge is 0.419 e. The van der Waals surface area contributed by atoms with Gasteiger partial charge in [0.1, 0.15) is 11.8 Å². The molecule has 20 heavy (non-hydrogen) atoms. The van der Waals surface area contributed by atoms with Crippen molar-refractivity contribution in [3.63, 3.8) is 0 Å². The fourth-order valence-corrected chi connectivity index (χ4v) is 1.60. The Balaban J connectivity index is 3.04. The number of carboxylic acid groups (broad SMARTS) is 1. The van der Waals surface area contributed by atoms with E-state index in [9.17, 15) is 18.0 Å². The Bertz CT molecular complexity index is 474. The molecule has 0 unspecified atom stereocenters. The molecule has 1 aromatic rings. The molecule has 112 valence electrons. The minimum absolute atomic E-state index is 0.174. The summed E-state index contributed by atoms with van der Waals surface area (Å²) in [5, 5.41) is 8.67. The first kappa shape index (κ1) is 16.3. The summed E-state index contributed by atoms with van der Waals surface area (Å²) >= 11 is 0. The Hall–Kier alpha value is -1.76. The van der Waals surface area contributed by atoms with Gasteiger partial charge in [-0.3, -0.25) is 4.79 Å². The zero-order chi connectivity index (χ0) is 15.3. The molecule has 0 heterocycles. The predicted molar refractivity (Wildman–Crippen MR) is 66.5 cm³/mol. The summed E-state index contributed by atoms with van der Waals surface area (Å²) in [6.45, 7) is 1.96. The molecule has 0 fully saturated rings. The Morgan fingerprint density at radius 2 is 2.10 bits per heavy atom. The number of rotatable bonds is 6. The molecule has 0 aliphatic rings. The predicted octanol–water partition coefficient (Wildman–Crippen LogP) is 2.45. The number of benzene rings is 1. The lowest BCUT2D eigenvalue weighted by Gasteiger charge is -2.15. The van der Waals surface area contributed by atoms with Crippen LogP contribution in [0.2, 0.25) is 0 Å². The number of carboxylic acids is 1. The number of nitrogens with two attached hydrogens (primary N) is 1. The van der Waals surface area contributed by atoms with Gasteiger partial charge < -0.3 is 15.6 Å². The molecular formula is C13H16F3NO3. The molecule has 1 atom stereocenters. The fraction of sp³-hybridized carbons (Fsp3) is 0.462. The van der Waals surface area contributed by atoms with Crippen molar-refractivity contribution in [2.24, 2.45) is 5.73 Å². The van der Waals surface area contributed by atoms with Crippen LogP contribution in [0, 0.1) is 0 Å². The Morgan fingerprint density at radius 3 is 2.60 bits per heavy atom. The maximum Gasteiger partial charge on any atom is 0.419 e. The lowest BCUT2D eigenvalue weighted by atomic mass is 10.0. The van der Waals surface area contributed by atoms with Crippen LogP contribution in [0.4, 0.5) is 13.2 Å². The van der Waals surface area contributed by atoms with Crippen LogP contribution < -0.4 is 10.5 Å². The molecule has 0 saturated heterocycles. The standard InChI is InChI=1S/C13H16F3NO3/c1-2-5-20-11-4-3-8(7-10(17)12(18)19)6-9(11)13(14,15)16/h3-4,6,10H,2,5,7,17H2,1H3,(H,18,19)/t10-/m0/s1. The molecule has 0 amide bonds.